The Balaban J connectivity index is 1.87. The predicted molar refractivity (Wildman–Crippen MR) is 92.0 cm³/mol. The summed E-state index contributed by atoms with van der Waals surface area (Å²) in [7, 11) is 0. The largest absolute Gasteiger partial charge is 0.393 e. The van der Waals surface area contributed by atoms with Crippen LogP contribution in [0.3, 0.4) is 0 Å². The molecule has 0 unspecified atom stereocenters. The van der Waals surface area contributed by atoms with Gasteiger partial charge in [-0.2, -0.15) is 5.10 Å². The highest BCUT2D eigenvalue weighted by molar-refractivity contribution is 5.14. The van der Waals surface area contributed by atoms with Crippen molar-refractivity contribution >= 4 is 0 Å². The molecular formula is C18H29N3O2. The van der Waals surface area contributed by atoms with E-state index in [1.165, 1.54) is 11.1 Å². The molecule has 1 aromatic heterocycles. The van der Waals surface area contributed by atoms with E-state index in [1.54, 1.807) is 0 Å². The Morgan fingerprint density at radius 1 is 1.30 bits per heavy atom. The van der Waals surface area contributed by atoms with Crippen molar-refractivity contribution in [2.75, 3.05) is 19.7 Å². The second kappa shape index (κ2) is 8.43. The van der Waals surface area contributed by atoms with Crippen LogP contribution in [0.2, 0.25) is 0 Å². The van der Waals surface area contributed by atoms with Crippen molar-refractivity contribution in [1.82, 2.24) is 14.7 Å². The summed E-state index contributed by atoms with van der Waals surface area (Å²) in [5, 5.41) is 23.1. The first kappa shape index (κ1) is 17.9. The van der Waals surface area contributed by atoms with Crippen molar-refractivity contribution < 1.29 is 10.2 Å². The number of fused-ring (bicyclic) bond motifs is 1. The summed E-state index contributed by atoms with van der Waals surface area (Å²) in [6.45, 7) is 9.76. The number of hydrogen-bond acceptors (Lipinski definition) is 4. The van der Waals surface area contributed by atoms with Crippen LogP contribution in [0.5, 0.6) is 0 Å². The first-order chi connectivity index (χ1) is 11.0. The van der Waals surface area contributed by atoms with E-state index in [-0.39, 0.29) is 6.61 Å². The highest BCUT2D eigenvalue weighted by atomic mass is 16.3. The molecule has 2 heterocycles. The monoisotopic (exact) mass is 319 g/mol. The summed E-state index contributed by atoms with van der Waals surface area (Å²) in [6, 6.07) is 1.90. The van der Waals surface area contributed by atoms with E-state index < -0.39 is 6.10 Å². The second-order valence-electron chi connectivity index (χ2n) is 6.59. The molecule has 1 aliphatic rings. The minimum Gasteiger partial charge on any atom is -0.393 e. The van der Waals surface area contributed by atoms with Gasteiger partial charge in [0.05, 0.1) is 24.5 Å². The van der Waals surface area contributed by atoms with Crippen LogP contribution in [0.25, 0.3) is 0 Å². The fourth-order valence-corrected chi connectivity index (χ4v) is 2.73. The number of rotatable bonds is 7. The average molecular weight is 319 g/mol. The molecule has 0 spiro atoms. The lowest BCUT2D eigenvalue weighted by Crippen LogP contribution is -2.34. The topological polar surface area (TPSA) is 61.5 Å². The van der Waals surface area contributed by atoms with Crippen LogP contribution in [-0.4, -0.2) is 44.6 Å². The molecule has 2 rings (SSSR count). The average Bonchev–Trinajstić information content (AvgIpc) is 2.95. The molecule has 23 heavy (non-hydrogen) atoms. The minimum atomic E-state index is -0.876. The molecule has 0 saturated heterocycles. The zero-order valence-corrected chi connectivity index (χ0v) is 14.5. The Morgan fingerprint density at radius 3 is 2.78 bits per heavy atom. The lowest BCUT2D eigenvalue weighted by atomic mass is 10.1. The van der Waals surface area contributed by atoms with Gasteiger partial charge >= 0.3 is 0 Å². The standard InChI is InChI=1S/C18H29N3O2/c1-14(2)5-4-6-15(3)7-8-20-9-10-21-16(12-20)11-17(19-21)18(23)13-22/h5,7,11,18,22-23H,4,6,8-10,12-13H2,1-3H3/b15-7+/t18-/m1/s1. The van der Waals surface area contributed by atoms with Gasteiger partial charge in [-0.25, -0.2) is 0 Å². The van der Waals surface area contributed by atoms with Gasteiger partial charge in [0.1, 0.15) is 6.10 Å². The predicted octanol–water partition coefficient (Wildman–Crippen LogP) is 2.42. The number of hydrogen-bond donors (Lipinski definition) is 2. The van der Waals surface area contributed by atoms with Crippen LogP contribution in [0, 0.1) is 0 Å². The molecule has 128 valence electrons. The van der Waals surface area contributed by atoms with Crippen molar-refractivity contribution in [3.8, 4) is 0 Å². The highest BCUT2D eigenvalue weighted by Crippen LogP contribution is 2.18. The molecular weight excluding hydrogens is 290 g/mol. The molecule has 0 fully saturated rings. The number of aromatic nitrogens is 2. The molecule has 1 aromatic rings. The third-order valence-electron chi connectivity index (χ3n) is 4.20. The Kier molecular flexibility index (Phi) is 6.57. The van der Waals surface area contributed by atoms with E-state index >= 15 is 0 Å². The summed E-state index contributed by atoms with van der Waals surface area (Å²) in [5.74, 6) is 0. The van der Waals surface area contributed by atoms with E-state index in [9.17, 15) is 5.11 Å². The van der Waals surface area contributed by atoms with Gasteiger partial charge in [-0.05, 0) is 39.7 Å². The first-order valence-corrected chi connectivity index (χ1v) is 8.36. The lowest BCUT2D eigenvalue weighted by Gasteiger charge is -2.26. The smallest absolute Gasteiger partial charge is 0.121 e. The SMILES string of the molecule is CC(C)=CCC/C(C)=C/CN1CCn2nc([C@H](O)CO)cc2C1. The molecule has 5 heteroatoms. The Morgan fingerprint density at radius 2 is 2.09 bits per heavy atom. The maximum atomic E-state index is 9.69. The number of allylic oxidation sites excluding steroid dienone is 3. The lowest BCUT2D eigenvalue weighted by molar-refractivity contribution is 0.0915. The molecule has 5 nitrogen and oxygen atoms in total. The van der Waals surface area contributed by atoms with Gasteiger partial charge in [-0.3, -0.25) is 9.58 Å². The third-order valence-corrected chi connectivity index (χ3v) is 4.20. The van der Waals surface area contributed by atoms with Crippen LogP contribution in [0.15, 0.2) is 29.4 Å². The minimum absolute atomic E-state index is 0.284. The van der Waals surface area contributed by atoms with Gasteiger partial charge in [0.2, 0.25) is 0 Å². The number of aliphatic hydroxyl groups is 2. The summed E-state index contributed by atoms with van der Waals surface area (Å²) >= 11 is 0. The maximum absolute atomic E-state index is 9.69. The normalized spacial score (nSPS) is 17.0. The second-order valence-corrected chi connectivity index (χ2v) is 6.59. The molecule has 0 aromatic carbocycles. The fourth-order valence-electron chi connectivity index (χ4n) is 2.73. The van der Waals surface area contributed by atoms with Gasteiger partial charge in [0.25, 0.3) is 0 Å². The zero-order valence-electron chi connectivity index (χ0n) is 14.5. The van der Waals surface area contributed by atoms with Crippen LogP contribution in [0.4, 0.5) is 0 Å². The van der Waals surface area contributed by atoms with E-state index in [2.05, 4.69) is 42.9 Å². The van der Waals surface area contributed by atoms with E-state index in [0.29, 0.717) is 5.69 Å². The Hall–Kier alpha value is -1.43. The van der Waals surface area contributed by atoms with Crippen molar-refractivity contribution in [2.24, 2.45) is 0 Å². The van der Waals surface area contributed by atoms with Gasteiger partial charge in [0, 0.05) is 19.6 Å². The Labute approximate surface area is 138 Å². The number of aliphatic hydroxyl groups excluding tert-OH is 2. The van der Waals surface area contributed by atoms with Crippen LogP contribution < -0.4 is 0 Å². The van der Waals surface area contributed by atoms with Crippen molar-refractivity contribution in [2.45, 2.75) is 52.8 Å². The molecule has 0 bridgehead atoms. The highest BCUT2D eigenvalue weighted by Gasteiger charge is 2.20. The third kappa shape index (κ3) is 5.30. The molecule has 2 N–H and O–H groups in total. The van der Waals surface area contributed by atoms with E-state index in [0.717, 1.165) is 44.7 Å². The molecule has 0 radical (unpaired) electrons. The van der Waals surface area contributed by atoms with E-state index in [1.807, 2.05) is 10.7 Å². The van der Waals surface area contributed by atoms with Crippen LogP contribution >= 0.6 is 0 Å². The summed E-state index contributed by atoms with van der Waals surface area (Å²) < 4.78 is 1.94. The number of nitrogens with zero attached hydrogens (tertiary/aromatic N) is 3. The fraction of sp³-hybridized carbons (Fsp3) is 0.611. The van der Waals surface area contributed by atoms with Gasteiger partial charge in [0.15, 0.2) is 0 Å². The van der Waals surface area contributed by atoms with Gasteiger partial charge in [-0.1, -0.05) is 23.3 Å². The van der Waals surface area contributed by atoms with Gasteiger partial charge < -0.3 is 10.2 Å². The maximum Gasteiger partial charge on any atom is 0.121 e. The molecule has 1 aliphatic heterocycles. The quantitative estimate of drug-likeness (QED) is 0.758. The molecule has 0 amide bonds. The summed E-state index contributed by atoms with van der Waals surface area (Å²) in [6.07, 6.45) is 5.95. The van der Waals surface area contributed by atoms with Crippen molar-refractivity contribution in [1.29, 1.82) is 0 Å². The van der Waals surface area contributed by atoms with E-state index in [4.69, 9.17) is 5.11 Å². The molecule has 1 atom stereocenters. The Bertz CT molecular complexity index is 571. The van der Waals surface area contributed by atoms with Crippen molar-refractivity contribution in [3.05, 3.63) is 40.8 Å². The molecule has 0 aliphatic carbocycles. The summed E-state index contributed by atoms with van der Waals surface area (Å²) in [5.41, 5.74) is 4.48. The van der Waals surface area contributed by atoms with Gasteiger partial charge in [-0.15, -0.1) is 0 Å². The van der Waals surface area contributed by atoms with Crippen molar-refractivity contribution in [3.63, 3.8) is 0 Å². The van der Waals surface area contributed by atoms with Crippen LogP contribution in [-0.2, 0) is 13.1 Å². The zero-order chi connectivity index (χ0) is 16.8. The summed E-state index contributed by atoms with van der Waals surface area (Å²) in [4.78, 5) is 2.39. The first-order valence-electron chi connectivity index (χ1n) is 8.36. The van der Waals surface area contributed by atoms with Crippen LogP contribution in [0.1, 0.15) is 51.1 Å². The molecule has 0 saturated carbocycles.